The molecule has 3 aromatic heterocycles. The number of alkyl halides is 2. The standard InChI is InChI=1S/C32H33ClF2N6O3S2/c1-22-2-4-25(5-3-22)26-16-24(17-29(38-26)40-14-12-39(13-15-40)20-23-8-10-36-11-9-23)19-37-31(42)27-18-32(34,35)21-41(27)46(43,44)30-7-6-28(33)45-30/h2-11,16-17,27H,12-15,18-21H2,1H3,(H,37,42)/t27-/m0/s1. The molecule has 4 aromatic rings. The maximum absolute atomic E-state index is 14.6. The van der Waals surface area contributed by atoms with Crippen molar-refractivity contribution in [3.8, 4) is 11.3 Å². The van der Waals surface area contributed by atoms with E-state index in [0.29, 0.717) is 10.00 Å². The van der Waals surface area contributed by atoms with E-state index in [2.05, 4.69) is 20.1 Å². The molecule has 2 aliphatic heterocycles. The number of hydrogen-bond acceptors (Lipinski definition) is 8. The Morgan fingerprint density at radius 2 is 1.74 bits per heavy atom. The molecule has 0 radical (unpaired) electrons. The number of sulfonamides is 1. The monoisotopic (exact) mass is 686 g/mol. The van der Waals surface area contributed by atoms with Crippen molar-refractivity contribution in [2.24, 2.45) is 0 Å². The average Bonchev–Trinajstić information content (AvgIpc) is 3.64. The van der Waals surface area contributed by atoms with Gasteiger partial charge in [-0.1, -0.05) is 41.4 Å². The number of nitrogens with zero attached hydrogens (tertiary/aromatic N) is 5. The number of piperazine rings is 1. The first kappa shape index (κ1) is 32.5. The van der Waals surface area contributed by atoms with Gasteiger partial charge in [0.1, 0.15) is 16.1 Å². The molecule has 46 heavy (non-hydrogen) atoms. The van der Waals surface area contributed by atoms with Crippen molar-refractivity contribution in [1.82, 2.24) is 24.5 Å². The van der Waals surface area contributed by atoms with Gasteiger partial charge in [0.25, 0.3) is 15.9 Å². The largest absolute Gasteiger partial charge is 0.354 e. The molecular formula is C32H33ClF2N6O3S2. The van der Waals surface area contributed by atoms with E-state index in [1.165, 1.54) is 17.7 Å². The molecule has 5 heterocycles. The third-order valence-electron chi connectivity index (χ3n) is 8.18. The highest BCUT2D eigenvalue weighted by molar-refractivity contribution is 7.91. The molecule has 6 rings (SSSR count). The van der Waals surface area contributed by atoms with Crippen LogP contribution in [0, 0.1) is 6.92 Å². The number of benzene rings is 1. The lowest BCUT2D eigenvalue weighted by atomic mass is 10.1. The van der Waals surface area contributed by atoms with Crippen LogP contribution in [-0.2, 0) is 27.9 Å². The minimum atomic E-state index is -4.36. The minimum absolute atomic E-state index is 0.00993. The van der Waals surface area contributed by atoms with Crippen molar-refractivity contribution in [3.05, 3.63) is 94.1 Å². The van der Waals surface area contributed by atoms with Crippen LogP contribution < -0.4 is 10.2 Å². The molecule has 0 bridgehead atoms. The van der Waals surface area contributed by atoms with E-state index >= 15 is 0 Å². The molecule has 1 atom stereocenters. The molecule has 2 aliphatic rings. The first-order valence-corrected chi connectivity index (χ1v) is 17.5. The second-order valence-electron chi connectivity index (χ2n) is 11.6. The summed E-state index contributed by atoms with van der Waals surface area (Å²) in [5, 5.41) is 2.73. The number of aryl methyl sites for hydroxylation is 1. The van der Waals surface area contributed by atoms with Gasteiger partial charge in [-0.15, -0.1) is 11.3 Å². The summed E-state index contributed by atoms with van der Waals surface area (Å²) in [6.45, 7) is 4.93. The van der Waals surface area contributed by atoms with Crippen LogP contribution in [0.15, 0.2) is 77.3 Å². The van der Waals surface area contributed by atoms with Gasteiger partial charge in [-0.2, -0.15) is 4.31 Å². The third kappa shape index (κ3) is 7.39. The summed E-state index contributed by atoms with van der Waals surface area (Å²) >= 11 is 6.68. The van der Waals surface area contributed by atoms with Crippen LogP contribution in [0.1, 0.15) is 23.1 Å². The van der Waals surface area contributed by atoms with E-state index in [4.69, 9.17) is 16.6 Å². The van der Waals surface area contributed by atoms with Crippen LogP contribution in [-0.4, -0.2) is 78.2 Å². The fourth-order valence-electron chi connectivity index (χ4n) is 5.71. The van der Waals surface area contributed by atoms with Gasteiger partial charge in [0.05, 0.1) is 16.6 Å². The normalized spacial score (nSPS) is 19.0. The van der Waals surface area contributed by atoms with E-state index in [1.807, 2.05) is 55.5 Å². The summed E-state index contributed by atoms with van der Waals surface area (Å²) in [7, 11) is -4.36. The van der Waals surface area contributed by atoms with Gasteiger partial charge in [0, 0.05) is 63.6 Å². The van der Waals surface area contributed by atoms with Gasteiger partial charge in [-0.05, 0) is 54.4 Å². The first-order chi connectivity index (χ1) is 22.0. The lowest BCUT2D eigenvalue weighted by Crippen LogP contribution is -2.46. The predicted octanol–water partition coefficient (Wildman–Crippen LogP) is 5.20. The third-order valence-corrected chi connectivity index (χ3v) is 11.7. The molecule has 9 nitrogen and oxygen atoms in total. The minimum Gasteiger partial charge on any atom is -0.354 e. The van der Waals surface area contributed by atoms with Gasteiger partial charge in [-0.25, -0.2) is 22.2 Å². The van der Waals surface area contributed by atoms with Crippen molar-refractivity contribution in [2.45, 2.75) is 42.6 Å². The van der Waals surface area contributed by atoms with Crippen molar-refractivity contribution in [3.63, 3.8) is 0 Å². The molecule has 2 fully saturated rings. The Kier molecular flexibility index (Phi) is 9.40. The lowest BCUT2D eigenvalue weighted by molar-refractivity contribution is -0.124. The number of carbonyl (C=O) groups excluding carboxylic acids is 1. The van der Waals surface area contributed by atoms with E-state index in [1.54, 1.807) is 12.4 Å². The Hall–Kier alpha value is -3.49. The Bertz CT molecular complexity index is 1800. The summed E-state index contributed by atoms with van der Waals surface area (Å²) in [6.07, 6.45) is 2.68. The van der Waals surface area contributed by atoms with E-state index in [0.717, 1.165) is 66.6 Å². The van der Waals surface area contributed by atoms with E-state index < -0.39 is 40.9 Å². The number of nitrogens with one attached hydrogen (secondary N) is 1. The molecule has 1 N–H and O–H groups in total. The molecular weight excluding hydrogens is 654 g/mol. The summed E-state index contributed by atoms with van der Waals surface area (Å²) in [5.74, 6) is -3.39. The fourth-order valence-corrected chi connectivity index (χ4v) is 8.94. The highest BCUT2D eigenvalue weighted by Gasteiger charge is 2.53. The Balaban J connectivity index is 1.20. The smallest absolute Gasteiger partial charge is 0.263 e. The Morgan fingerprint density at radius 1 is 1.02 bits per heavy atom. The quantitative estimate of drug-likeness (QED) is 0.258. The van der Waals surface area contributed by atoms with Crippen LogP contribution >= 0.6 is 22.9 Å². The summed E-state index contributed by atoms with van der Waals surface area (Å²) in [5.41, 5.74) is 4.64. The molecule has 1 amide bonds. The fraction of sp³-hybridized carbons (Fsp3) is 0.344. The Morgan fingerprint density at radius 3 is 2.41 bits per heavy atom. The number of thiophene rings is 1. The number of anilines is 1. The number of halogens is 3. The molecule has 242 valence electrons. The van der Waals surface area contributed by atoms with Crippen molar-refractivity contribution in [2.75, 3.05) is 37.6 Å². The summed E-state index contributed by atoms with van der Waals surface area (Å²) < 4.78 is 56.2. The highest BCUT2D eigenvalue weighted by Crippen LogP contribution is 2.38. The van der Waals surface area contributed by atoms with Crippen molar-refractivity contribution < 1.29 is 22.0 Å². The van der Waals surface area contributed by atoms with Crippen molar-refractivity contribution in [1.29, 1.82) is 0 Å². The van der Waals surface area contributed by atoms with Gasteiger partial charge in [0.2, 0.25) is 5.91 Å². The molecule has 14 heteroatoms. The molecule has 0 spiro atoms. The summed E-state index contributed by atoms with van der Waals surface area (Å²) in [6, 6.07) is 16.8. The SMILES string of the molecule is Cc1ccc(-c2cc(CNC(=O)[C@@H]3CC(F)(F)CN3S(=O)(=O)c3ccc(Cl)s3)cc(N3CCN(Cc4ccncc4)CC3)n2)cc1. The molecule has 1 aromatic carbocycles. The topological polar surface area (TPSA) is 98.7 Å². The number of aromatic nitrogens is 2. The van der Waals surface area contributed by atoms with Crippen LogP contribution in [0.25, 0.3) is 11.3 Å². The Labute approximate surface area is 275 Å². The van der Waals surface area contributed by atoms with Crippen molar-refractivity contribution >= 4 is 44.7 Å². The molecule has 0 saturated carbocycles. The number of rotatable bonds is 9. The molecule has 0 aliphatic carbocycles. The van der Waals surface area contributed by atoms with Gasteiger partial charge in [-0.3, -0.25) is 14.7 Å². The lowest BCUT2D eigenvalue weighted by Gasteiger charge is -2.35. The number of pyridine rings is 2. The van der Waals surface area contributed by atoms with E-state index in [9.17, 15) is 22.0 Å². The maximum Gasteiger partial charge on any atom is 0.263 e. The van der Waals surface area contributed by atoms with Gasteiger partial charge >= 0.3 is 0 Å². The van der Waals surface area contributed by atoms with Crippen LogP contribution in [0.3, 0.4) is 0 Å². The predicted molar refractivity (Wildman–Crippen MR) is 175 cm³/mol. The zero-order valence-corrected chi connectivity index (χ0v) is 27.5. The van der Waals surface area contributed by atoms with Crippen LogP contribution in [0.2, 0.25) is 4.34 Å². The molecule has 2 saturated heterocycles. The summed E-state index contributed by atoms with van der Waals surface area (Å²) in [4.78, 5) is 27.0. The zero-order chi connectivity index (χ0) is 32.5. The van der Waals surface area contributed by atoms with Gasteiger partial charge in [0.15, 0.2) is 0 Å². The number of carbonyl (C=O) groups is 1. The maximum atomic E-state index is 14.6. The van der Waals surface area contributed by atoms with Gasteiger partial charge < -0.3 is 10.2 Å². The second kappa shape index (κ2) is 13.3. The zero-order valence-electron chi connectivity index (χ0n) is 25.1. The first-order valence-electron chi connectivity index (χ1n) is 14.8. The van der Waals surface area contributed by atoms with Crippen LogP contribution in [0.4, 0.5) is 14.6 Å². The second-order valence-corrected chi connectivity index (χ2v) is 15.4. The van der Waals surface area contributed by atoms with E-state index in [-0.39, 0.29) is 15.1 Å². The number of amides is 1. The highest BCUT2D eigenvalue weighted by atomic mass is 35.5. The molecule has 0 unspecified atom stereocenters. The van der Waals surface area contributed by atoms with Crippen LogP contribution in [0.5, 0.6) is 0 Å². The number of hydrogen-bond donors (Lipinski definition) is 1. The average molecular weight is 687 g/mol.